The Morgan fingerprint density at radius 2 is 0.773 bits per heavy atom. The van der Waals surface area contributed by atoms with Crippen LogP contribution in [0.5, 0.6) is 12.0 Å². The molecule has 0 aliphatic rings. The maximum atomic E-state index is 13.3. The number of rotatable bonds is 22. The van der Waals surface area contributed by atoms with Gasteiger partial charge in [0.1, 0.15) is 23.9 Å². The Balaban J connectivity index is 0.000000162. The molecule has 12 aromatic rings. The maximum absolute atomic E-state index is 13.3. The second kappa shape index (κ2) is 32.6. The molecule has 0 saturated carbocycles. The highest BCUT2D eigenvalue weighted by Gasteiger charge is 2.25. The highest BCUT2D eigenvalue weighted by Crippen LogP contribution is 2.25. The molecule has 0 fully saturated rings. The van der Waals surface area contributed by atoms with E-state index in [4.69, 9.17) is 67.7 Å². The predicted molar refractivity (Wildman–Crippen MR) is 367 cm³/mol. The molecule has 0 amide bonds. The Morgan fingerprint density at radius 1 is 0.454 bits per heavy atom. The minimum absolute atomic E-state index is 0.00439. The van der Waals surface area contributed by atoms with Crippen molar-refractivity contribution < 1.29 is 32.9 Å². The number of unbranched alkanes of at least 4 members (excludes halogenated alkanes) is 2. The second-order valence-corrected chi connectivity index (χ2v) is 24.4. The first kappa shape index (κ1) is 71.9. The Bertz CT molecular complexity index is 4880. The summed E-state index contributed by atoms with van der Waals surface area (Å²) in [6.45, 7) is 11.0. The lowest BCUT2D eigenvalue weighted by Crippen LogP contribution is -2.39. The fourth-order valence-corrected chi connectivity index (χ4v) is 11.0. The number of nitrogens with zero attached hydrogens (tertiary/aromatic N) is 15. The van der Waals surface area contributed by atoms with E-state index < -0.39 is 16.9 Å². The minimum atomic E-state index is -0.512. The van der Waals surface area contributed by atoms with E-state index in [1.54, 1.807) is 111 Å². The van der Waals surface area contributed by atoms with Crippen molar-refractivity contribution in [3.63, 3.8) is 0 Å². The molecule has 9 aromatic heterocycles. The van der Waals surface area contributed by atoms with Crippen molar-refractivity contribution in [3.8, 4) is 12.0 Å². The zero-order valence-electron chi connectivity index (χ0n) is 54.4. The van der Waals surface area contributed by atoms with Gasteiger partial charge < -0.3 is 37.5 Å². The minimum Gasteiger partial charge on any atom is -0.455 e. The summed E-state index contributed by atoms with van der Waals surface area (Å²) in [7, 11) is 4.78. The quantitative estimate of drug-likeness (QED) is 0.0599. The van der Waals surface area contributed by atoms with Crippen LogP contribution in [0, 0.1) is 20.8 Å². The lowest BCUT2D eigenvalue weighted by molar-refractivity contribution is 0.234. The predicted octanol–water partition coefficient (Wildman–Crippen LogP) is 8.77. The van der Waals surface area contributed by atoms with Crippen LogP contribution in [0.25, 0.3) is 33.5 Å². The van der Waals surface area contributed by atoms with Gasteiger partial charge in [0.05, 0.1) is 38.2 Å². The van der Waals surface area contributed by atoms with Crippen molar-refractivity contribution in [1.29, 1.82) is 0 Å². The number of benzene rings is 3. The number of aliphatic hydroxyl groups is 2. The van der Waals surface area contributed by atoms with Gasteiger partial charge in [-0.1, -0.05) is 97.9 Å². The average Bonchev–Trinajstić information content (AvgIpc) is 1.65. The normalized spacial score (nSPS) is 11.2. The number of imidazole rings is 3. The molecule has 0 atom stereocenters. The van der Waals surface area contributed by atoms with E-state index in [0.717, 1.165) is 52.7 Å². The van der Waals surface area contributed by atoms with Gasteiger partial charge in [-0.05, 0) is 109 Å². The lowest BCUT2D eigenvalue weighted by atomic mass is 10.2. The molecule has 97 heavy (non-hydrogen) atoms. The number of aryl methyl sites for hydroxylation is 6. The smallest absolute Gasteiger partial charge is 0.332 e. The lowest BCUT2D eigenvalue weighted by Gasteiger charge is -2.11. The number of oxazole rings is 3. The van der Waals surface area contributed by atoms with Crippen LogP contribution in [0.15, 0.2) is 138 Å². The largest absolute Gasteiger partial charge is 0.455 e. The first-order valence-electron chi connectivity index (χ1n) is 30.7. The number of hydrogen-bond acceptors (Lipinski definition) is 19. The molecular weight excluding hydrogens is 1390 g/mol. The molecular formula is C65H71BrCl3N15O13. The summed E-state index contributed by atoms with van der Waals surface area (Å²) >= 11 is 21.4. The van der Waals surface area contributed by atoms with Crippen LogP contribution in [0.2, 0.25) is 15.1 Å². The van der Waals surface area contributed by atoms with E-state index >= 15 is 0 Å². The van der Waals surface area contributed by atoms with Gasteiger partial charge in [0.25, 0.3) is 28.7 Å². The highest BCUT2D eigenvalue weighted by molar-refractivity contribution is 9.10. The summed E-state index contributed by atoms with van der Waals surface area (Å²) in [4.78, 5) is 103. The second-order valence-electron chi connectivity index (χ2n) is 22.3. The van der Waals surface area contributed by atoms with Crippen molar-refractivity contribution in [2.45, 2.75) is 126 Å². The molecule has 0 bridgehead atoms. The van der Waals surface area contributed by atoms with Crippen LogP contribution in [-0.2, 0) is 80.2 Å². The Hall–Kier alpha value is -9.39. The summed E-state index contributed by atoms with van der Waals surface area (Å²) in [6.07, 6.45) is 8.30. The Kier molecular flexibility index (Phi) is 24.1. The molecule has 32 heteroatoms. The van der Waals surface area contributed by atoms with Crippen molar-refractivity contribution in [3.05, 3.63) is 225 Å². The zero-order valence-corrected chi connectivity index (χ0v) is 58.2. The van der Waals surface area contributed by atoms with Gasteiger partial charge in [0.2, 0.25) is 17.7 Å². The van der Waals surface area contributed by atoms with E-state index in [1.165, 1.54) is 22.8 Å². The number of halogens is 4. The number of ether oxygens (including phenoxy) is 2. The first-order valence-corrected chi connectivity index (χ1v) is 32.7. The van der Waals surface area contributed by atoms with Gasteiger partial charge in [-0.25, -0.2) is 34.3 Å². The number of fused-ring (bicyclic) bond motifs is 3. The third-order valence-corrected chi connectivity index (χ3v) is 16.5. The molecule has 12 rings (SSSR count). The number of hydrogen-bond donors (Lipinski definition) is 2. The summed E-state index contributed by atoms with van der Waals surface area (Å²) in [5, 5.41) is 19.4. The van der Waals surface area contributed by atoms with Gasteiger partial charge in [0, 0.05) is 62.5 Å². The fraction of sp³-hybridized carbons (Fsp3) is 0.354. The molecule has 0 radical (unpaired) electrons. The van der Waals surface area contributed by atoms with Gasteiger partial charge in [-0.3, -0.25) is 50.9 Å². The maximum Gasteiger partial charge on any atom is 0.332 e. The van der Waals surface area contributed by atoms with Crippen LogP contribution in [0.4, 0.5) is 0 Å². The van der Waals surface area contributed by atoms with Gasteiger partial charge in [-0.2, -0.15) is 9.97 Å². The molecule has 0 aliphatic heterocycles. The molecule has 0 spiro atoms. The highest BCUT2D eigenvalue weighted by atomic mass is 79.9. The van der Waals surface area contributed by atoms with E-state index in [2.05, 4.69) is 45.8 Å². The standard InChI is InChI=1S/C22H24ClN5O4.C21H22ClN5O5.C17H18BrClN4O2.C5H7NO2/c1-4-5-10-27-20(29)18-19(26(3)22(27)30)25-21(31-13-17-24-11-14(2)32-17)28(18)12-15-6-8-16(23)9-7-15;1-13-10-23-16(32-13)12-31-20-24-18-17(27(20)11-14-4-6-15(22)7-5-14)19(29)26(8-3-9-28)21(30)25(18)2;1-3-4-9-22-15(24)13-14(21(2)17(22)25)20-16(18)23(13)10-11-5-7-12(19)8-6-11;1-4-2-6-5(3-7)8-4/h6-9,11H,4-5,10,12-13H2,1-3H3;4-7,10,28H,3,8-9,11-12H2,1-2H3;5-8H,3-4,9-10H2,1-2H3;2,7H,3H2,1H3. The summed E-state index contributed by atoms with van der Waals surface area (Å²) in [5.74, 6) is 3.17. The van der Waals surface area contributed by atoms with Crippen molar-refractivity contribution in [2.75, 3.05) is 6.61 Å². The molecule has 28 nitrogen and oxygen atoms in total. The fourth-order valence-electron chi connectivity index (χ4n) is 10.1. The Labute approximate surface area is 575 Å². The van der Waals surface area contributed by atoms with Crippen LogP contribution in [-0.4, -0.2) is 87.8 Å². The monoisotopic (exact) mass is 1450 g/mol. The molecule has 2 N–H and O–H groups in total. The van der Waals surface area contributed by atoms with Crippen LogP contribution < -0.4 is 43.2 Å². The van der Waals surface area contributed by atoms with Crippen LogP contribution >= 0.6 is 50.7 Å². The van der Waals surface area contributed by atoms with Crippen molar-refractivity contribution >= 4 is 84.2 Å². The van der Waals surface area contributed by atoms with Crippen molar-refractivity contribution in [1.82, 2.24) is 71.0 Å². The molecule has 3 aromatic carbocycles. The molecule has 9 heterocycles. The summed E-state index contributed by atoms with van der Waals surface area (Å²) in [6, 6.07) is 22.2. The van der Waals surface area contributed by atoms with E-state index in [9.17, 15) is 28.8 Å². The third-order valence-electron chi connectivity index (χ3n) is 15.1. The molecule has 0 unspecified atom stereocenters. The van der Waals surface area contributed by atoms with E-state index in [1.807, 2.05) is 50.2 Å². The average molecular weight is 1460 g/mol. The van der Waals surface area contributed by atoms with Gasteiger partial charge >= 0.3 is 17.1 Å². The molecule has 512 valence electrons. The van der Waals surface area contributed by atoms with Crippen LogP contribution in [0.1, 0.15) is 97.6 Å². The van der Waals surface area contributed by atoms with E-state index in [-0.39, 0.29) is 91.6 Å². The summed E-state index contributed by atoms with van der Waals surface area (Å²) in [5.41, 5.74) is 2.08. The third kappa shape index (κ3) is 16.9. The van der Waals surface area contributed by atoms with Crippen LogP contribution in [0.3, 0.4) is 0 Å². The zero-order chi connectivity index (χ0) is 69.8. The number of aromatic nitrogens is 15. The molecule has 0 saturated heterocycles. The molecule has 0 aliphatic carbocycles. The first-order chi connectivity index (χ1) is 46.5. The van der Waals surface area contributed by atoms with Gasteiger partial charge in [-0.15, -0.1) is 0 Å². The number of aliphatic hydroxyl groups excluding tert-OH is 2. The topological polar surface area (TPSA) is 322 Å². The van der Waals surface area contributed by atoms with Gasteiger partial charge in [0.15, 0.2) is 51.4 Å². The van der Waals surface area contributed by atoms with E-state index in [0.29, 0.717) is 91.9 Å². The summed E-state index contributed by atoms with van der Waals surface area (Å²) < 4.78 is 40.9. The SMILES string of the molecule is CCCCn1c(=O)c2c(nc(Br)n2Cc2ccc(Cl)cc2)n(C)c1=O.CCCCn1c(=O)c2c(nc(OCc3ncc(C)o3)n2Cc2ccc(Cl)cc2)n(C)c1=O.Cc1cnc(CO)o1.Cc1cnc(COc2nc3c(c(=O)n(CCCO)c(=O)n3C)n2Cc2ccc(Cl)cc2)o1. The Morgan fingerprint density at radius 3 is 1.08 bits per heavy atom. The van der Waals surface area contributed by atoms with Crippen molar-refractivity contribution in [2.24, 2.45) is 21.1 Å².